The van der Waals surface area contributed by atoms with Crippen molar-refractivity contribution in [2.45, 2.75) is 19.3 Å². The van der Waals surface area contributed by atoms with Gasteiger partial charge in [-0.05, 0) is 37.1 Å². The molecule has 0 heterocycles. The lowest BCUT2D eigenvalue weighted by atomic mass is 10.1. The molecule has 5 nitrogen and oxygen atoms in total. The Kier molecular flexibility index (Phi) is 8.42. The van der Waals surface area contributed by atoms with E-state index in [2.05, 4.69) is 10.1 Å². The Morgan fingerprint density at radius 1 is 1.30 bits per heavy atom. The minimum absolute atomic E-state index is 0.170. The van der Waals surface area contributed by atoms with Gasteiger partial charge in [-0.2, -0.15) is 0 Å². The van der Waals surface area contributed by atoms with E-state index in [1.807, 2.05) is 24.3 Å². The summed E-state index contributed by atoms with van der Waals surface area (Å²) in [5, 5.41) is 11.7. The van der Waals surface area contributed by atoms with Crippen molar-refractivity contribution in [3.63, 3.8) is 0 Å². The van der Waals surface area contributed by atoms with E-state index in [4.69, 9.17) is 9.84 Å². The lowest BCUT2D eigenvalue weighted by molar-refractivity contribution is -0.139. The zero-order valence-electron chi connectivity index (χ0n) is 11.9. The van der Waals surface area contributed by atoms with Gasteiger partial charge >= 0.3 is 5.97 Å². The first kappa shape index (κ1) is 16.5. The van der Waals surface area contributed by atoms with Crippen LogP contribution in [0.15, 0.2) is 24.3 Å². The minimum atomic E-state index is -0.253. The molecule has 0 aliphatic heterocycles. The van der Waals surface area contributed by atoms with Crippen LogP contribution in [0.3, 0.4) is 0 Å². The second-order valence-corrected chi connectivity index (χ2v) is 4.43. The van der Waals surface area contributed by atoms with Gasteiger partial charge in [0.25, 0.3) is 0 Å². The maximum absolute atomic E-state index is 11.2. The highest BCUT2D eigenvalue weighted by Crippen LogP contribution is 2.14. The Morgan fingerprint density at radius 3 is 2.90 bits per heavy atom. The lowest BCUT2D eigenvalue weighted by Gasteiger charge is -2.08. The molecular formula is C15H23NO4. The third kappa shape index (κ3) is 7.11. The molecule has 0 saturated carbocycles. The Balaban J connectivity index is 2.23. The molecule has 0 aliphatic carbocycles. The Bertz CT molecular complexity index is 395. The van der Waals surface area contributed by atoms with Gasteiger partial charge in [-0.25, -0.2) is 0 Å². The summed E-state index contributed by atoms with van der Waals surface area (Å²) in [7, 11) is 1.38. The summed E-state index contributed by atoms with van der Waals surface area (Å²) in [5.41, 5.74) is 0.888. The number of esters is 1. The first-order valence-corrected chi connectivity index (χ1v) is 6.86. The number of carbonyl (C=O) groups is 1. The summed E-state index contributed by atoms with van der Waals surface area (Å²) in [6, 6.07) is 7.49. The molecule has 2 N–H and O–H groups in total. The van der Waals surface area contributed by atoms with Gasteiger partial charge in [0.1, 0.15) is 5.75 Å². The fourth-order valence-corrected chi connectivity index (χ4v) is 1.73. The number of methoxy groups -OCH3 is 1. The number of hydrogen-bond acceptors (Lipinski definition) is 5. The summed E-state index contributed by atoms with van der Waals surface area (Å²) in [5.74, 6) is 0.520. The average molecular weight is 281 g/mol. The summed E-state index contributed by atoms with van der Waals surface area (Å²) in [6.45, 7) is 2.33. The van der Waals surface area contributed by atoms with Crippen molar-refractivity contribution in [1.29, 1.82) is 0 Å². The highest BCUT2D eigenvalue weighted by atomic mass is 16.5. The first-order chi connectivity index (χ1) is 9.76. The molecule has 0 amide bonds. The summed E-state index contributed by atoms with van der Waals surface area (Å²) >= 11 is 0. The molecule has 1 aromatic carbocycles. The number of benzene rings is 1. The van der Waals surface area contributed by atoms with E-state index in [-0.39, 0.29) is 19.0 Å². The van der Waals surface area contributed by atoms with E-state index in [1.165, 1.54) is 7.11 Å². The molecule has 20 heavy (non-hydrogen) atoms. The number of rotatable bonds is 10. The van der Waals surface area contributed by atoms with Crippen molar-refractivity contribution in [3.05, 3.63) is 29.8 Å². The van der Waals surface area contributed by atoms with Gasteiger partial charge in [-0.15, -0.1) is 0 Å². The molecule has 0 spiro atoms. The number of aliphatic hydroxyl groups excluding tert-OH is 1. The van der Waals surface area contributed by atoms with Gasteiger partial charge in [0, 0.05) is 6.54 Å². The van der Waals surface area contributed by atoms with Crippen LogP contribution in [0.4, 0.5) is 0 Å². The van der Waals surface area contributed by atoms with Crippen LogP contribution in [0.25, 0.3) is 0 Å². The smallest absolute Gasteiger partial charge is 0.309 e. The minimum Gasteiger partial charge on any atom is -0.494 e. The van der Waals surface area contributed by atoms with Gasteiger partial charge in [-0.3, -0.25) is 4.79 Å². The molecule has 0 aliphatic rings. The SMILES string of the molecule is COC(=O)Cc1cccc(OCCCCNCCO)c1. The quantitative estimate of drug-likeness (QED) is 0.497. The number of carbonyl (C=O) groups excluding carboxylic acids is 1. The molecule has 0 atom stereocenters. The zero-order chi connectivity index (χ0) is 14.6. The predicted molar refractivity (Wildman–Crippen MR) is 76.8 cm³/mol. The van der Waals surface area contributed by atoms with Crippen LogP contribution in [0.1, 0.15) is 18.4 Å². The van der Waals surface area contributed by atoms with E-state index < -0.39 is 0 Å². The third-order valence-corrected chi connectivity index (χ3v) is 2.78. The highest BCUT2D eigenvalue weighted by molar-refractivity contribution is 5.72. The maximum atomic E-state index is 11.2. The van der Waals surface area contributed by atoms with E-state index in [0.29, 0.717) is 13.2 Å². The van der Waals surface area contributed by atoms with Crippen molar-refractivity contribution >= 4 is 5.97 Å². The van der Waals surface area contributed by atoms with Crippen LogP contribution >= 0.6 is 0 Å². The topological polar surface area (TPSA) is 67.8 Å². The maximum Gasteiger partial charge on any atom is 0.309 e. The molecule has 0 fully saturated rings. The molecular weight excluding hydrogens is 258 g/mol. The number of hydrogen-bond donors (Lipinski definition) is 2. The molecule has 0 unspecified atom stereocenters. The third-order valence-electron chi connectivity index (χ3n) is 2.78. The fraction of sp³-hybridized carbons (Fsp3) is 0.533. The van der Waals surface area contributed by atoms with E-state index in [1.54, 1.807) is 0 Å². The Morgan fingerprint density at radius 2 is 2.15 bits per heavy atom. The summed E-state index contributed by atoms with van der Waals surface area (Å²) < 4.78 is 10.3. The molecule has 5 heteroatoms. The standard InChI is InChI=1S/C15H23NO4/c1-19-15(18)12-13-5-4-6-14(11-13)20-10-3-2-7-16-8-9-17/h4-6,11,16-17H,2-3,7-10,12H2,1H3. The largest absolute Gasteiger partial charge is 0.494 e. The summed E-state index contributed by atoms with van der Waals surface area (Å²) in [6.07, 6.45) is 2.21. The van der Waals surface area contributed by atoms with Crippen molar-refractivity contribution in [3.8, 4) is 5.75 Å². The molecule has 1 aromatic rings. The van der Waals surface area contributed by atoms with Crippen LogP contribution < -0.4 is 10.1 Å². The normalized spacial score (nSPS) is 10.3. The second kappa shape index (κ2) is 10.2. The monoisotopic (exact) mass is 281 g/mol. The number of nitrogens with one attached hydrogen (secondary N) is 1. The molecule has 112 valence electrons. The van der Waals surface area contributed by atoms with E-state index >= 15 is 0 Å². The molecule has 0 bridgehead atoms. The fourth-order valence-electron chi connectivity index (χ4n) is 1.73. The summed E-state index contributed by atoms with van der Waals surface area (Å²) in [4.78, 5) is 11.2. The number of ether oxygens (including phenoxy) is 2. The second-order valence-electron chi connectivity index (χ2n) is 4.43. The zero-order valence-corrected chi connectivity index (χ0v) is 11.9. The highest BCUT2D eigenvalue weighted by Gasteiger charge is 2.03. The van der Waals surface area contributed by atoms with Crippen molar-refractivity contribution in [2.75, 3.05) is 33.4 Å². The van der Waals surface area contributed by atoms with Crippen LogP contribution in [0.2, 0.25) is 0 Å². The van der Waals surface area contributed by atoms with Gasteiger partial charge in [0.15, 0.2) is 0 Å². The van der Waals surface area contributed by atoms with Crippen LogP contribution in [-0.4, -0.2) is 44.5 Å². The van der Waals surface area contributed by atoms with Crippen LogP contribution in [-0.2, 0) is 16.0 Å². The predicted octanol–water partition coefficient (Wildman–Crippen LogP) is 1.14. The van der Waals surface area contributed by atoms with Crippen molar-refractivity contribution < 1.29 is 19.4 Å². The lowest BCUT2D eigenvalue weighted by Crippen LogP contribution is -2.19. The van der Waals surface area contributed by atoms with Gasteiger partial charge in [0.05, 0.1) is 26.7 Å². The number of unbranched alkanes of at least 4 members (excludes halogenated alkanes) is 1. The Labute approximate surface area is 119 Å². The van der Waals surface area contributed by atoms with Crippen LogP contribution in [0, 0.1) is 0 Å². The number of aliphatic hydroxyl groups is 1. The molecule has 1 rings (SSSR count). The first-order valence-electron chi connectivity index (χ1n) is 6.86. The molecule has 0 radical (unpaired) electrons. The van der Waals surface area contributed by atoms with Crippen LogP contribution in [0.5, 0.6) is 5.75 Å². The average Bonchev–Trinajstić information content (AvgIpc) is 2.46. The van der Waals surface area contributed by atoms with Crippen molar-refractivity contribution in [1.82, 2.24) is 5.32 Å². The van der Waals surface area contributed by atoms with Crippen molar-refractivity contribution in [2.24, 2.45) is 0 Å². The molecule has 0 aromatic heterocycles. The molecule has 0 saturated heterocycles. The van der Waals surface area contributed by atoms with Gasteiger partial charge in [-0.1, -0.05) is 12.1 Å². The van der Waals surface area contributed by atoms with Gasteiger partial charge in [0.2, 0.25) is 0 Å². The Hall–Kier alpha value is -1.59. The van der Waals surface area contributed by atoms with Gasteiger partial charge < -0.3 is 19.9 Å². The van der Waals surface area contributed by atoms with E-state index in [9.17, 15) is 4.79 Å². The van der Waals surface area contributed by atoms with E-state index in [0.717, 1.165) is 30.7 Å².